The van der Waals surface area contributed by atoms with Crippen LogP contribution in [0.15, 0.2) is 24.3 Å². The molecule has 0 amide bonds. The van der Waals surface area contributed by atoms with Gasteiger partial charge in [0.15, 0.2) is 0 Å². The number of ether oxygens (including phenoxy) is 1. The van der Waals surface area contributed by atoms with E-state index >= 15 is 0 Å². The molecule has 1 aliphatic heterocycles. The minimum Gasteiger partial charge on any atom is -0.497 e. The Balaban J connectivity index is 1.81. The highest BCUT2D eigenvalue weighted by Crippen LogP contribution is 2.33. The second-order valence-corrected chi connectivity index (χ2v) is 5.89. The van der Waals surface area contributed by atoms with Gasteiger partial charge < -0.3 is 15.0 Å². The Morgan fingerprint density at radius 1 is 1.21 bits per heavy atom. The largest absolute Gasteiger partial charge is 0.497 e. The van der Waals surface area contributed by atoms with Crippen LogP contribution in [0.25, 0.3) is 0 Å². The van der Waals surface area contributed by atoms with Crippen LogP contribution < -0.4 is 15.0 Å². The maximum atomic E-state index is 5.35. The van der Waals surface area contributed by atoms with Crippen molar-refractivity contribution in [1.29, 1.82) is 0 Å². The summed E-state index contributed by atoms with van der Waals surface area (Å²) in [5.41, 5.74) is 1.66. The minimum absolute atomic E-state index is 0.361. The van der Waals surface area contributed by atoms with Gasteiger partial charge in [-0.3, -0.25) is 0 Å². The van der Waals surface area contributed by atoms with Gasteiger partial charge in [-0.15, -0.1) is 0 Å². The molecule has 1 saturated heterocycles. The molecular formula is C16H24N2O. The highest BCUT2D eigenvalue weighted by atomic mass is 16.5. The van der Waals surface area contributed by atoms with Gasteiger partial charge in [0, 0.05) is 30.4 Å². The van der Waals surface area contributed by atoms with Crippen molar-refractivity contribution in [1.82, 2.24) is 5.32 Å². The van der Waals surface area contributed by atoms with Crippen LogP contribution in [-0.2, 0) is 0 Å². The van der Waals surface area contributed by atoms with Crippen molar-refractivity contribution >= 4 is 5.69 Å². The van der Waals surface area contributed by atoms with Gasteiger partial charge in [0.1, 0.15) is 5.75 Å². The van der Waals surface area contributed by atoms with E-state index in [0.29, 0.717) is 5.54 Å². The van der Waals surface area contributed by atoms with Gasteiger partial charge in [-0.2, -0.15) is 0 Å². The van der Waals surface area contributed by atoms with Crippen molar-refractivity contribution in [3.8, 4) is 5.75 Å². The maximum Gasteiger partial charge on any atom is 0.120 e. The molecule has 0 bridgehead atoms. The van der Waals surface area contributed by atoms with Crippen molar-refractivity contribution in [2.75, 3.05) is 31.6 Å². The first kappa shape index (κ1) is 12.8. The number of hydrogen-bond acceptors (Lipinski definition) is 3. The Bertz CT molecular complexity index is 427. The van der Waals surface area contributed by atoms with Gasteiger partial charge in [0.25, 0.3) is 0 Å². The SMILES string of the molecule is COc1cccc(N2CCCNC3(CCCC3)C2)c1. The van der Waals surface area contributed by atoms with Crippen LogP contribution in [0.4, 0.5) is 5.69 Å². The molecular weight excluding hydrogens is 236 g/mol. The monoisotopic (exact) mass is 260 g/mol. The normalized spacial score (nSPS) is 22.5. The first-order chi connectivity index (χ1) is 9.31. The Kier molecular flexibility index (Phi) is 3.65. The molecule has 1 saturated carbocycles. The Morgan fingerprint density at radius 3 is 2.84 bits per heavy atom. The third kappa shape index (κ3) is 2.71. The predicted molar refractivity (Wildman–Crippen MR) is 79.0 cm³/mol. The minimum atomic E-state index is 0.361. The van der Waals surface area contributed by atoms with Gasteiger partial charge in [-0.05, 0) is 37.9 Å². The summed E-state index contributed by atoms with van der Waals surface area (Å²) in [7, 11) is 1.74. The number of anilines is 1. The van der Waals surface area contributed by atoms with Gasteiger partial charge in [0.05, 0.1) is 7.11 Å². The number of methoxy groups -OCH3 is 1. The third-order valence-corrected chi connectivity index (χ3v) is 4.58. The average molecular weight is 260 g/mol. The lowest BCUT2D eigenvalue weighted by Crippen LogP contribution is -2.49. The summed E-state index contributed by atoms with van der Waals surface area (Å²) in [5, 5.41) is 3.81. The lowest BCUT2D eigenvalue weighted by atomic mass is 9.97. The number of hydrogen-bond donors (Lipinski definition) is 1. The Labute approximate surface area is 115 Å². The highest BCUT2D eigenvalue weighted by Gasteiger charge is 2.36. The van der Waals surface area contributed by atoms with Crippen molar-refractivity contribution in [2.24, 2.45) is 0 Å². The summed E-state index contributed by atoms with van der Waals surface area (Å²) in [4.78, 5) is 2.54. The molecule has 1 heterocycles. The summed E-state index contributed by atoms with van der Waals surface area (Å²) in [6.07, 6.45) is 6.62. The fourth-order valence-corrected chi connectivity index (χ4v) is 3.54. The molecule has 0 atom stereocenters. The second kappa shape index (κ2) is 5.41. The first-order valence-corrected chi connectivity index (χ1v) is 7.45. The van der Waals surface area contributed by atoms with E-state index in [2.05, 4.69) is 28.4 Å². The Hall–Kier alpha value is -1.22. The van der Waals surface area contributed by atoms with E-state index < -0.39 is 0 Å². The molecule has 0 radical (unpaired) electrons. The molecule has 1 aromatic rings. The molecule has 1 N–H and O–H groups in total. The maximum absolute atomic E-state index is 5.35. The van der Waals surface area contributed by atoms with Gasteiger partial charge in [-0.1, -0.05) is 18.9 Å². The molecule has 0 unspecified atom stereocenters. The van der Waals surface area contributed by atoms with Crippen LogP contribution in [0, 0.1) is 0 Å². The molecule has 1 aliphatic carbocycles. The predicted octanol–water partition coefficient (Wildman–Crippen LogP) is 2.81. The van der Waals surface area contributed by atoms with Crippen LogP contribution in [0.3, 0.4) is 0 Å². The number of rotatable bonds is 2. The van der Waals surface area contributed by atoms with E-state index in [4.69, 9.17) is 4.74 Å². The number of benzene rings is 1. The van der Waals surface area contributed by atoms with E-state index in [-0.39, 0.29) is 0 Å². The van der Waals surface area contributed by atoms with E-state index in [1.807, 2.05) is 6.07 Å². The quantitative estimate of drug-likeness (QED) is 0.885. The molecule has 104 valence electrons. The second-order valence-electron chi connectivity index (χ2n) is 5.89. The van der Waals surface area contributed by atoms with Gasteiger partial charge in [-0.25, -0.2) is 0 Å². The van der Waals surface area contributed by atoms with Gasteiger partial charge in [0.2, 0.25) is 0 Å². The Morgan fingerprint density at radius 2 is 2.05 bits per heavy atom. The van der Waals surface area contributed by atoms with E-state index in [0.717, 1.165) is 25.4 Å². The molecule has 2 fully saturated rings. The summed E-state index contributed by atoms with van der Waals surface area (Å²) < 4.78 is 5.35. The fraction of sp³-hybridized carbons (Fsp3) is 0.625. The molecule has 2 aliphatic rings. The zero-order valence-electron chi connectivity index (χ0n) is 11.8. The molecule has 3 nitrogen and oxygen atoms in total. The van der Waals surface area contributed by atoms with Crippen LogP contribution in [0.2, 0.25) is 0 Å². The summed E-state index contributed by atoms with van der Waals surface area (Å²) in [6.45, 7) is 3.43. The summed E-state index contributed by atoms with van der Waals surface area (Å²) in [5.74, 6) is 0.954. The van der Waals surface area contributed by atoms with E-state index in [1.54, 1.807) is 7.11 Å². The van der Waals surface area contributed by atoms with E-state index in [1.165, 1.54) is 37.8 Å². The first-order valence-electron chi connectivity index (χ1n) is 7.45. The van der Waals surface area contributed by atoms with Crippen molar-refractivity contribution < 1.29 is 4.74 Å². The van der Waals surface area contributed by atoms with Crippen LogP contribution in [0.1, 0.15) is 32.1 Å². The topological polar surface area (TPSA) is 24.5 Å². The number of nitrogens with zero attached hydrogens (tertiary/aromatic N) is 1. The molecule has 1 spiro atoms. The third-order valence-electron chi connectivity index (χ3n) is 4.58. The van der Waals surface area contributed by atoms with Crippen molar-refractivity contribution in [3.63, 3.8) is 0 Å². The average Bonchev–Trinajstić information content (AvgIpc) is 2.79. The highest BCUT2D eigenvalue weighted by molar-refractivity contribution is 5.51. The van der Waals surface area contributed by atoms with Crippen molar-refractivity contribution in [2.45, 2.75) is 37.6 Å². The fourth-order valence-electron chi connectivity index (χ4n) is 3.54. The molecule has 1 aromatic carbocycles. The van der Waals surface area contributed by atoms with Gasteiger partial charge >= 0.3 is 0 Å². The summed E-state index contributed by atoms with van der Waals surface area (Å²) in [6, 6.07) is 8.48. The van der Waals surface area contributed by atoms with E-state index in [9.17, 15) is 0 Å². The summed E-state index contributed by atoms with van der Waals surface area (Å²) >= 11 is 0. The van der Waals surface area contributed by atoms with Crippen LogP contribution >= 0.6 is 0 Å². The zero-order valence-corrected chi connectivity index (χ0v) is 11.8. The molecule has 0 aromatic heterocycles. The molecule has 19 heavy (non-hydrogen) atoms. The number of nitrogens with one attached hydrogen (secondary N) is 1. The lowest BCUT2D eigenvalue weighted by Gasteiger charge is -2.34. The lowest BCUT2D eigenvalue weighted by molar-refractivity contribution is 0.354. The zero-order chi connectivity index (χ0) is 13.1. The van der Waals surface area contributed by atoms with Crippen molar-refractivity contribution in [3.05, 3.63) is 24.3 Å². The van der Waals surface area contributed by atoms with Crippen LogP contribution in [0.5, 0.6) is 5.75 Å². The standard InChI is InChI=1S/C16H24N2O/c1-19-15-7-4-6-14(12-15)18-11-5-10-17-16(13-18)8-2-3-9-16/h4,6-7,12,17H,2-3,5,8-11,13H2,1H3. The molecule has 3 rings (SSSR count). The molecule has 3 heteroatoms. The van der Waals surface area contributed by atoms with Crippen LogP contribution in [-0.4, -0.2) is 32.3 Å². The smallest absolute Gasteiger partial charge is 0.120 e.